The van der Waals surface area contributed by atoms with E-state index in [1.807, 2.05) is 84.9 Å². The zero-order valence-electron chi connectivity index (χ0n) is 27.4. The van der Waals surface area contributed by atoms with Crippen LogP contribution in [0.25, 0.3) is 11.2 Å². The molecule has 1 aliphatic rings. The van der Waals surface area contributed by atoms with Crippen molar-refractivity contribution in [3.05, 3.63) is 144 Å². The number of benzene rings is 4. The summed E-state index contributed by atoms with van der Waals surface area (Å²) in [5, 5.41) is 14.2. The number of nitrogens with two attached hydrogens (primary N) is 1. The Bertz CT molecular complexity index is 2010. The Morgan fingerprint density at radius 2 is 1.42 bits per heavy atom. The summed E-state index contributed by atoms with van der Waals surface area (Å²) >= 11 is 0. The summed E-state index contributed by atoms with van der Waals surface area (Å²) in [6, 6.07) is 33.3. The molecule has 0 unspecified atom stereocenters. The summed E-state index contributed by atoms with van der Waals surface area (Å²) in [5.41, 5.74) is 9.26. The Hall–Kier alpha value is -5.66. The van der Waals surface area contributed by atoms with Crippen LogP contribution in [0.5, 0.6) is 11.5 Å². The van der Waals surface area contributed by atoms with Gasteiger partial charge in [-0.05, 0) is 53.1 Å². The van der Waals surface area contributed by atoms with Crippen molar-refractivity contribution in [2.45, 2.75) is 30.1 Å². The Labute approximate surface area is 288 Å². The largest absolute Gasteiger partial charge is 0.497 e. The molecule has 1 amide bonds. The third-order valence-corrected chi connectivity index (χ3v) is 8.97. The van der Waals surface area contributed by atoms with Crippen LogP contribution in [0.4, 0.5) is 5.82 Å². The number of fused-ring (bicyclic) bond motifs is 1. The fourth-order valence-corrected chi connectivity index (χ4v) is 6.32. The van der Waals surface area contributed by atoms with Crippen molar-refractivity contribution in [3.8, 4) is 11.5 Å². The van der Waals surface area contributed by atoms with Crippen LogP contribution in [0.2, 0.25) is 0 Å². The molecule has 50 heavy (non-hydrogen) atoms. The van der Waals surface area contributed by atoms with Gasteiger partial charge in [0.25, 0.3) is 5.91 Å². The Morgan fingerprint density at radius 1 is 0.840 bits per heavy atom. The molecule has 1 saturated heterocycles. The van der Waals surface area contributed by atoms with Crippen LogP contribution in [-0.2, 0) is 15.1 Å². The number of hydrogen-bond donors (Lipinski definition) is 3. The number of ether oxygens (including phenoxy) is 4. The second-order valence-electron chi connectivity index (χ2n) is 11.8. The third kappa shape index (κ3) is 6.05. The van der Waals surface area contributed by atoms with Gasteiger partial charge in [-0.15, -0.1) is 0 Å². The molecule has 0 bridgehead atoms. The fraction of sp³-hybridized carbons (Fsp3) is 0.211. The molecule has 0 aliphatic carbocycles. The first-order valence-electron chi connectivity index (χ1n) is 16.0. The Balaban J connectivity index is 1.20. The maximum Gasteiger partial charge on any atom is 0.256 e. The topological polar surface area (TPSA) is 156 Å². The van der Waals surface area contributed by atoms with Crippen LogP contribution in [0.15, 0.2) is 122 Å². The van der Waals surface area contributed by atoms with E-state index in [9.17, 15) is 9.90 Å². The average molecular weight is 673 g/mol. The zero-order valence-corrected chi connectivity index (χ0v) is 27.4. The predicted octanol–water partition coefficient (Wildman–Crippen LogP) is 4.69. The minimum Gasteiger partial charge on any atom is -0.497 e. The number of nitrogens with one attached hydrogen (secondary N) is 1. The number of carbonyl (C=O) groups is 1. The summed E-state index contributed by atoms with van der Waals surface area (Å²) in [6.07, 6.45) is 0.00688. The average Bonchev–Trinajstić information content (AvgIpc) is 3.73. The van der Waals surface area contributed by atoms with E-state index in [4.69, 9.17) is 24.7 Å². The van der Waals surface area contributed by atoms with Crippen molar-refractivity contribution < 1.29 is 28.8 Å². The number of nitrogens with zero attached hydrogens (tertiary/aromatic N) is 4. The predicted molar refractivity (Wildman–Crippen MR) is 186 cm³/mol. The number of amides is 1. The molecule has 3 heterocycles. The van der Waals surface area contributed by atoms with Crippen LogP contribution in [0, 0.1) is 0 Å². The molecule has 0 saturated carbocycles. The van der Waals surface area contributed by atoms with Crippen molar-refractivity contribution in [2.24, 2.45) is 5.73 Å². The monoisotopic (exact) mass is 672 g/mol. The first-order chi connectivity index (χ1) is 24.4. The van der Waals surface area contributed by atoms with E-state index in [-0.39, 0.29) is 18.3 Å². The number of aromatic nitrogens is 4. The molecular weight excluding hydrogens is 636 g/mol. The summed E-state index contributed by atoms with van der Waals surface area (Å²) in [7, 11) is 3.24. The number of methoxy groups -OCH3 is 2. The Kier molecular flexibility index (Phi) is 9.24. The minimum atomic E-state index is -1.13. The second kappa shape index (κ2) is 14.1. The third-order valence-electron chi connectivity index (χ3n) is 8.97. The molecule has 6 aromatic rings. The SMILES string of the molecule is COc1ccc(C(OC[C@H]2O[C@@H](n3cnc4c(NC(=O)c5ccccc5)ncnc43)[C@H](O)[C@@H]2N)(c2ccccc2)c2ccc(OC)cc2)cc1. The van der Waals surface area contributed by atoms with Gasteiger partial charge in [0, 0.05) is 5.56 Å². The first-order valence-corrected chi connectivity index (χ1v) is 16.0. The molecule has 4 atom stereocenters. The zero-order chi connectivity index (χ0) is 34.7. The molecule has 0 radical (unpaired) electrons. The lowest BCUT2D eigenvalue weighted by Crippen LogP contribution is -2.44. The van der Waals surface area contributed by atoms with Gasteiger partial charge in [0.05, 0.1) is 33.2 Å². The van der Waals surface area contributed by atoms with Gasteiger partial charge in [0.2, 0.25) is 0 Å². The molecule has 1 fully saturated rings. The van der Waals surface area contributed by atoms with Crippen molar-refractivity contribution in [3.63, 3.8) is 0 Å². The fourth-order valence-electron chi connectivity index (χ4n) is 6.32. The maximum absolute atomic E-state index is 12.9. The molecule has 12 heteroatoms. The first kappa shape index (κ1) is 32.9. The van der Waals surface area contributed by atoms with Gasteiger partial charge < -0.3 is 35.1 Å². The summed E-state index contributed by atoms with van der Waals surface area (Å²) in [4.78, 5) is 26.0. The van der Waals surface area contributed by atoms with Crippen LogP contribution in [0.3, 0.4) is 0 Å². The highest BCUT2D eigenvalue weighted by Crippen LogP contribution is 2.43. The number of carbonyl (C=O) groups excluding carboxylic acids is 1. The van der Waals surface area contributed by atoms with E-state index in [2.05, 4.69) is 20.3 Å². The van der Waals surface area contributed by atoms with Crippen LogP contribution in [0.1, 0.15) is 33.3 Å². The summed E-state index contributed by atoms with van der Waals surface area (Å²) in [6.45, 7) is 0.0156. The molecule has 2 aromatic heterocycles. The van der Waals surface area contributed by atoms with E-state index in [1.54, 1.807) is 43.1 Å². The van der Waals surface area contributed by atoms with Gasteiger partial charge in [-0.3, -0.25) is 9.36 Å². The van der Waals surface area contributed by atoms with E-state index >= 15 is 0 Å². The van der Waals surface area contributed by atoms with Crippen LogP contribution < -0.4 is 20.5 Å². The quantitative estimate of drug-likeness (QED) is 0.165. The highest BCUT2D eigenvalue weighted by atomic mass is 16.6. The van der Waals surface area contributed by atoms with Gasteiger partial charge in [0.15, 0.2) is 23.2 Å². The lowest BCUT2D eigenvalue weighted by atomic mass is 9.80. The standard InChI is InChI=1S/C38H36N6O6/c1-47-28-17-13-26(14-18-28)38(25-11-7-4-8-12-25,27-15-19-29(48-2)20-16-27)49-21-30-31(39)33(45)37(50-30)44-23-42-32-34(40-22-41-35(32)44)43-36(46)24-9-5-3-6-10-24/h3-20,22-23,30-31,33,37,45H,21,39H2,1-2H3,(H,40,41,43,46)/t30-,31-,33-,37-/m1/s1. The van der Waals surface area contributed by atoms with Crippen molar-refractivity contribution >= 4 is 22.9 Å². The van der Waals surface area contributed by atoms with Crippen molar-refractivity contribution in [1.29, 1.82) is 0 Å². The van der Waals surface area contributed by atoms with E-state index in [1.165, 1.54) is 12.7 Å². The number of aliphatic hydroxyl groups is 1. The number of rotatable bonds is 11. The molecule has 1 aliphatic heterocycles. The molecule has 254 valence electrons. The summed E-state index contributed by atoms with van der Waals surface area (Å²) in [5.74, 6) is 1.30. The second-order valence-corrected chi connectivity index (χ2v) is 11.8. The summed E-state index contributed by atoms with van der Waals surface area (Å²) < 4.78 is 25.9. The van der Waals surface area contributed by atoms with Gasteiger partial charge in [-0.25, -0.2) is 15.0 Å². The number of aliphatic hydroxyl groups excluding tert-OH is 1. The van der Waals surface area contributed by atoms with Gasteiger partial charge >= 0.3 is 0 Å². The molecule has 12 nitrogen and oxygen atoms in total. The normalized spacial score (nSPS) is 19.0. The lowest BCUT2D eigenvalue weighted by Gasteiger charge is -2.37. The van der Waals surface area contributed by atoms with Crippen molar-refractivity contribution in [2.75, 3.05) is 26.1 Å². The van der Waals surface area contributed by atoms with E-state index in [0.29, 0.717) is 28.2 Å². The van der Waals surface area contributed by atoms with E-state index < -0.39 is 30.1 Å². The molecule has 4 N–H and O–H groups in total. The van der Waals surface area contributed by atoms with Crippen LogP contribution >= 0.6 is 0 Å². The van der Waals surface area contributed by atoms with Gasteiger partial charge in [-0.2, -0.15) is 0 Å². The van der Waals surface area contributed by atoms with Gasteiger partial charge in [-0.1, -0.05) is 72.8 Å². The minimum absolute atomic E-state index is 0.0156. The lowest BCUT2D eigenvalue weighted by molar-refractivity contribution is -0.0860. The number of anilines is 1. The maximum atomic E-state index is 12.9. The molecule has 0 spiro atoms. The number of imidazole rings is 1. The highest BCUT2D eigenvalue weighted by Gasteiger charge is 2.46. The smallest absolute Gasteiger partial charge is 0.256 e. The van der Waals surface area contributed by atoms with Crippen LogP contribution in [-0.4, -0.2) is 69.6 Å². The highest BCUT2D eigenvalue weighted by molar-refractivity contribution is 6.06. The van der Waals surface area contributed by atoms with Crippen molar-refractivity contribution in [1.82, 2.24) is 19.5 Å². The number of hydrogen-bond acceptors (Lipinski definition) is 10. The molecule has 4 aromatic carbocycles. The molecule has 7 rings (SSSR count). The van der Waals surface area contributed by atoms with Gasteiger partial charge in [0.1, 0.15) is 35.6 Å². The molecular formula is C38H36N6O6. The van der Waals surface area contributed by atoms with E-state index in [0.717, 1.165) is 16.7 Å². The Morgan fingerprint density at radius 3 is 2.02 bits per heavy atom.